The van der Waals surface area contributed by atoms with Crippen molar-refractivity contribution >= 4 is 22.4 Å². The number of nitrogen functional groups attached to an aromatic ring is 1. The van der Waals surface area contributed by atoms with Crippen LogP contribution < -0.4 is 10.6 Å². The molecule has 1 aromatic heterocycles. The Hall–Kier alpha value is -1.84. The molecule has 90 valence electrons. The van der Waals surface area contributed by atoms with Gasteiger partial charge in [-0.25, -0.2) is 9.97 Å². The van der Waals surface area contributed by atoms with Gasteiger partial charge in [-0.05, 0) is 31.5 Å². The largest absolute Gasteiger partial charge is 0.399 e. The van der Waals surface area contributed by atoms with Gasteiger partial charge in [0, 0.05) is 24.2 Å². The van der Waals surface area contributed by atoms with E-state index in [1.807, 2.05) is 18.2 Å². The van der Waals surface area contributed by atoms with Crippen LogP contribution in [0.2, 0.25) is 0 Å². The zero-order chi connectivity index (χ0) is 12.3. The van der Waals surface area contributed by atoms with Gasteiger partial charge in [-0.1, -0.05) is 6.92 Å². The SMILES string of the molecule is CCCN(CC)c1ncnc2cc(N)ccc12. The molecule has 2 aromatic rings. The van der Waals surface area contributed by atoms with Gasteiger partial charge >= 0.3 is 0 Å². The summed E-state index contributed by atoms with van der Waals surface area (Å²) < 4.78 is 0. The van der Waals surface area contributed by atoms with Crippen LogP contribution in [0.15, 0.2) is 24.5 Å². The van der Waals surface area contributed by atoms with Crippen molar-refractivity contribution in [2.75, 3.05) is 23.7 Å². The van der Waals surface area contributed by atoms with Crippen LogP contribution in [0.1, 0.15) is 20.3 Å². The molecule has 0 radical (unpaired) electrons. The van der Waals surface area contributed by atoms with Crippen LogP contribution in [0, 0.1) is 0 Å². The fourth-order valence-electron chi connectivity index (χ4n) is 2.00. The number of nitrogens with zero attached hydrogens (tertiary/aromatic N) is 3. The fourth-order valence-corrected chi connectivity index (χ4v) is 2.00. The van der Waals surface area contributed by atoms with Gasteiger partial charge in [0.25, 0.3) is 0 Å². The molecule has 17 heavy (non-hydrogen) atoms. The molecule has 4 heteroatoms. The van der Waals surface area contributed by atoms with E-state index in [0.29, 0.717) is 0 Å². The maximum absolute atomic E-state index is 5.77. The summed E-state index contributed by atoms with van der Waals surface area (Å²) in [4.78, 5) is 10.9. The van der Waals surface area contributed by atoms with E-state index < -0.39 is 0 Å². The van der Waals surface area contributed by atoms with Crippen molar-refractivity contribution in [3.63, 3.8) is 0 Å². The molecule has 0 atom stereocenters. The first-order chi connectivity index (χ1) is 8.26. The Labute approximate surface area is 101 Å². The Balaban J connectivity index is 2.53. The molecule has 0 aliphatic rings. The van der Waals surface area contributed by atoms with Crippen molar-refractivity contribution in [3.05, 3.63) is 24.5 Å². The van der Waals surface area contributed by atoms with Crippen molar-refractivity contribution in [3.8, 4) is 0 Å². The van der Waals surface area contributed by atoms with Gasteiger partial charge in [-0.3, -0.25) is 0 Å². The van der Waals surface area contributed by atoms with Crippen molar-refractivity contribution in [2.24, 2.45) is 0 Å². The molecule has 0 amide bonds. The molecular weight excluding hydrogens is 212 g/mol. The predicted octanol–water partition coefficient (Wildman–Crippen LogP) is 2.45. The summed E-state index contributed by atoms with van der Waals surface area (Å²) in [6.07, 6.45) is 2.71. The normalized spacial score (nSPS) is 10.7. The van der Waals surface area contributed by atoms with E-state index in [9.17, 15) is 0 Å². The molecule has 1 heterocycles. The standard InChI is InChI=1S/C13H18N4/c1-3-7-17(4-2)13-11-6-5-10(14)8-12(11)15-9-16-13/h5-6,8-9H,3-4,7,14H2,1-2H3. The summed E-state index contributed by atoms with van der Waals surface area (Å²) in [5.74, 6) is 0.999. The first-order valence-corrected chi connectivity index (χ1v) is 6.01. The van der Waals surface area contributed by atoms with E-state index in [1.54, 1.807) is 6.33 Å². The second kappa shape index (κ2) is 4.99. The minimum Gasteiger partial charge on any atom is -0.399 e. The average Bonchev–Trinajstić information content (AvgIpc) is 2.35. The first-order valence-electron chi connectivity index (χ1n) is 6.01. The van der Waals surface area contributed by atoms with Gasteiger partial charge < -0.3 is 10.6 Å². The molecule has 2 N–H and O–H groups in total. The number of nitrogens with two attached hydrogens (primary N) is 1. The highest BCUT2D eigenvalue weighted by Gasteiger charge is 2.09. The summed E-state index contributed by atoms with van der Waals surface area (Å²) in [6.45, 7) is 6.27. The van der Waals surface area contributed by atoms with Crippen LogP contribution in [0.4, 0.5) is 11.5 Å². The number of rotatable bonds is 4. The molecule has 2 rings (SSSR count). The lowest BCUT2D eigenvalue weighted by molar-refractivity contribution is 0.781. The molecule has 0 bridgehead atoms. The van der Waals surface area contributed by atoms with Crippen LogP contribution in [0.25, 0.3) is 10.9 Å². The molecule has 0 aliphatic carbocycles. The molecule has 0 unspecified atom stereocenters. The van der Waals surface area contributed by atoms with Crippen LogP contribution in [0.5, 0.6) is 0 Å². The molecule has 4 nitrogen and oxygen atoms in total. The molecule has 1 aromatic carbocycles. The van der Waals surface area contributed by atoms with Gasteiger partial charge in [0.05, 0.1) is 5.52 Å². The second-order valence-corrected chi connectivity index (χ2v) is 4.05. The topological polar surface area (TPSA) is 55.0 Å². The third kappa shape index (κ3) is 2.30. The lowest BCUT2D eigenvalue weighted by atomic mass is 10.2. The summed E-state index contributed by atoms with van der Waals surface area (Å²) >= 11 is 0. The number of hydrogen-bond acceptors (Lipinski definition) is 4. The number of aromatic nitrogens is 2. The number of fused-ring (bicyclic) bond motifs is 1. The van der Waals surface area contributed by atoms with Gasteiger partial charge in [0.1, 0.15) is 12.1 Å². The minimum atomic E-state index is 0.737. The van der Waals surface area contributed by atoms with Crippen LogP contribution in [-0.4, -0.2) is 23.1 Å². The van der Waals surface area contributed by atoms with Gasteiger partial charge in [0.15, 0.2) is 0 Å². The molecule has 0 fully saturated rings. The van der Waals surface area contributed by atoms with Crippen LogP contribution in [-0.2, 0) is 0 Å². The monoisotopic (exact) mass is 230 g/mol. The third-order valence-corrected chi connectivity index (χ3v) is 2.81. The Kier molecular flexibility index (Phi) is 3.42. The second-order valence-electron chi connectivity index (χ2n) is 4.05. The lowest BCUT2D eigenvalue weighted by Crippen LogP contribution is -2.24. The van der Waals surface area contributed by atoms with Gasteiger partial charge in [0.2, 0.25) is 0 Å². The average molecular weight is 230 g/mol. The predicted molar refractivity (Wildman–Crippen MR) is 72.1 cm³/mol. The van der Waals surface area contributed by atoms with Crippen molar-refractivity contribution < 1.29 is 0 Å². The van der Waals surface area contributed by atoms with E-state index in [4.69, 9.17) is 5.73 Å². The summed E-state index contributed by atoms with van der Waals surface area (Å²) in [6, 6.07) is 5.79. The Bertz CT molecular complexity index is 510. The molecule has 0 saturated heterocycles. The van der Waals surface area contributed by atoms with Gasteiger partial charge in [-0.2, -0.15) is 0 Å². The third-order valence-electron chi connectivity index (χ3n) is 2.81. The Morgan fingerprint density at radius 3 is 2.76 bits per heavy atom. The number of anilines is 2. The van der Waals surface area contributed by atoms with E-state index in [2.05, 4.69) is 28.7 Å². The molecule has 0 spiro atoms. The van der Waals surface area contributed by atoms with Crippen LogP contribution in [0.3, 0.4) is 0 Å². The minimum absolute atomic E-state index is 0.737. The van der Waals surface area contributed by atoms with E-state index >= 15 is 0 Å². The highest BCUT2D eigenvalue weighted by Crippen LogP contribution is 2.24. The molecule has 0 saturated carbocycles. The van der Waals surface area contributed by atoms with Gasteiger partial charge in [-0.15, -0.1) is 0 Å². The Morgan fingerprint density at radius 2 is 2.06 bits per heavy atom. The summed E-state index contributed by atoms with van der Waals surface area (Å²) in [5, 5.41) is 1.07. The zero-order valence-corrected chi connectivity index (χ0v) is 10.3. The van der Waals surface area contributed by atoms with Crippen molar-refractivity contribution in [1.29, 1.82) is 0 Å². The highest BCUT2D eigenvalue weighted by atomic mass is 15.2. The smallest absolute Gasteiger partial charge is 0.139 e. The van der Waals surface area contributed by atoms with E-state index in [0.717, 1.165) is 41.9 Å². The van der Waals surface area contributed by atoms with E-state index in [-0.39, 0.29) is 0 Å². The molecular formula is C13H18N4. The highest BCUT2D eigenvalue weighted by molar-refractivity contribution is 5.91. The zero-order valence-electron chi connectivity index (χ0n) is 10.3. The number of benzene rings is 1. The first kappa shape index (κ1) is 11.6. The molecule has 0 aliphatic heterocycles. The maximum Gasteiger partial charge on any atom is 0.139 e. The van der Waals surface area contributed by atoms with Crippen LogP contribution >= 0.6 is 0 Å². The van der Waals surface area contributed by atoms with E-state index in [1.165, 1.54) is 0 Å². The quantitative estimate of drug-likeness (QED) is 0.820. The lowest BCUT2D eigenvalue weighted by Gasteiger charge is -2.22. The summed E-state index contributed by atoms with van der Waals surface area (Å²) in [5.41, 5.74) is 7.41. The van der Waals surface area contributed by atoms with Crippen molar-refractivity contribution in [2.45, 2.75) is 20.3 Å². The maximum atomic E-state index is 5.77. The number of hydrogen-bond donors (Lipinski definition) is 1. The van der Waals surface area contributed by atoms with Crippen molar-refractivity contribution in [1.82, 2.24) is 9.97 Å². The summed E-state index contributed by atoms with van der Waals surface area (Å²) in [7, 11) is 0. The fraction of sp³-hybridized carbons (Fsp3) is 0.385. The Morgan fingerprint density at radius 1 is 1.24 bits per heavy atom.